The normalized spacial score (nSPS) is 14.6. The summed E-state index contributed by atoms with van der Waals surface area (Å²) in [6.45, 7) is 4.29. The molecule has 0 radical (unpaired) electrons. The number of benzene rings is 2. The zero-order chi connectivity index (χ0) is 25.3. The molecule has 1 unspecified atom stereocenters. The maximum Gasteiger partial charge on any atom is 0.344 e. The van der Waals surface area contributed by atoms with Crippen molar-refractivity contribution in [3.63, 3.8) is 0 Å². The quantitative estimate of drug-likeness (QED) is 0.225. The van der Waals surface area contributed by atoms with Crippen molar-refractivity contribution in [2.45, 2.75) is 25.7 Å². The number of halogens is 1. The van der Waals surface area contributed by atoms with Crippen LogP contribution in [0.1, 0.15) is 47.9 Å². The lowest BCUT2D eigenvalue weighted by Gasteiger charge is -2.27. The Balaban J connectivity index is 1.53. The molecule has 1 aliphatic heterocycles. The Kier molecular flexibility index (Phi) is 4.84. The molecule has 9 heteroatoms. The molecule has 0 saturated heterocycles. The van der Waals surface area contributed by atoms with Gasteiger partial charge in [-0.05, 0) is 57.2 Å². The van der Waals surface area contributed by atoms with E-state index < -0.39 is 11.5 Å². The number of fused-ring (bicyclic) bond motifs is 6. The summed E-state index contributed by atoms with van der Waals surface area (Å²) in [4.78, 5) is 22.8. The van der Waals surface area contributed by atoms with Gasteiger partial charge in [-0.1, -0.05) is 50.2 Å². The molecule has 5 heterocycles. The Morgan fingerprint density at radius 3 is 2.54 bits per heavy atom. The Hall–Kier alpha value is -4.24. The first-order valence-electron chi connectivity index (χ1n) is 11.8. The Labute approximate surface area is 218 Å². The first-order valence-corrected chi connectivity index (χ1v) is 12.6. The minimum Gasteiger partial charge on any atom is -0.446 e. The molecule has 182 valence electrons. The molecule has 8 nitrogen and oxygen atoms in total. The third-order valence-corrected chi connectivity index (χ3v) is 7.12. The molecule has 2 aromatic carbocycles. The molecule has 4 aromatic heterocycles. The van der Waals surface area contributed by atoms with Gasteiger partial charge in [-0.3, -0.25) is 0 Å². The minimum atomic E-state index is -0.530. The van der Waals surface area contributed by atoms with Crippen LogP contribution in [0.5, 0.6) is 11.6 Å². The largest absolute Gasteiger partial charge is 0.446 e. The summed E-state index contributed by atoms with van der Waals surface area (Å²) in [6, 6.07) is 19.2. The van der Waals surface area contributed by atoms with Gasteiger partial charge >= 0.3 is 5.63 Å². The fraction of sp³-hybridized carbons (Fsp3) is 0.143. The van der Waals surface area contributed by atoms with E-state index in [1.54, 1.807) is 29.0 Å². The van der Waals surface area contributed by atoms with Gasteiger partial charge in [-0.25, -0.2) is 19.3 Å². The third-order valence-electron chi connectivity index (χ3n) is 6.69. The summed E-state index contributed by atoms with van der Waals surface area (Å²) < 4.78 is 19.9. The minimum absolute atomic E-state index is 0.369. The molecular formula is C28H19BrN4O4. The second-order valence-electron chi connectivity index (χ2n) is 9.26. The number of aromatic nitrogens is 4. The van der Waals surface area contributed by atoms with E-state index in [9.17, 15) is 4.79 Å². The highest BCUT2D eigenvalue weighted by Crippen LogP contribution is 2.49. The van der Waals surface area contributed by atoms with E-state index in [4.69, 9.17) is 18.6 Å². The van der Waals surface area contributed by atoms with Crippen molar-refractivity contribution in [1.29, 1.82) is 0 Å². The Morgan fingerprint density at radius 2 is 1.78 bits per heavy atom. The van der Waals surface area contributed by atoms with Gasteiger partial charge in [0.25, 0.3) is 0 Å². The Bertz CT molecular complexity index is 1890. The van der Waals surface area contributed by atoms with Gasteiger partial charge in [0.05, 0.1) is 22.4 Å². The summed E-state index contributed by atoms with van der Waals surface area (Å²) in [5, 5.41) is 5.27. The number of hydrogen-bond acceptors (Lipinski definition) is 7. The van der Waals surface area contributed by atoms with Crippen LogP contribution in [0.4, 0.5) is 0 Å². The predicted molar refractivity (Wildman–Crippen MR) is 140 cm³/mol. The monoisotopic (exact) mass is 554 g/mol. The molecule has 0 saturated carbocycles. The van der Waals surface area contributed by atoms with E-state index >= 15 is 0 Å². The average molecular weight is 555 g/mol. The van der Waals surface area contributed by atoms with E-state index in [1.165, 1.54) is 5.56 Å². The molecule has 0 aliphatic carbocycles. The van der Waals surface area contributed by atoms with Crippen molar-refractivity contribution < 1.29 is 13.6 Å². The zero-order valence-electron chi connectivity index (χ0n) is 19.8. The number of rotatable bonds is 3. The van der Waals surface area contributed by atoms with E-state index in [2.05, 4.69) is 52.0 Å². The highest BCUT2D eigenvalue weighted by molar-refractivity contribution is 9.10. The van der Waals surface area contributed by atoms with Crippen molar-refractivity contribution in [2.75, 3.05) is 0 Å². The standard InChI is InChI=1S/C28H19BrN4O4/c1-14(2)15-7-9-16(10-8-15)21-22-24(17-5-3-4-6-18(17)36-28(22)34)37-27-23(21)26-31-25(32-33(26)13-30-27)19-11-12-20(29)35-19/h3-14,21H,1-2H3. The number of nitrogens with zero attached hydrogens (tertiary/aromatic N) is 4. The molecule has 7 rings (SSSR count). The van der Waals surface area contributed by atoms with E-state index in [1.807, 2.05) is 30.3 Å². The predicted octanol–water partition coefficient (Wildman–Crippen LogP) is 6.66. The van der Waals surface area contributed by atoms with Crippen LogP contribution in [0.2, 0.25) is 0 Å². The van der Waals surface area contributed by atoms with E-state index in [0.29, 0.717) is 61.5 Å². The van der Waals surface area contributed by atoms with E-state index in [-0.39, 0.29) is 0 Å². The lowest BCUT2D eigenvalue weighted by Crippen LogP contribution is -2.22. The Morgan fingerprint density at radius 1 is 0.973 bits per heavy atom. The molecule has 0 fully saturated rings. The molecule has 0 spiro atoms. The highest BCUT2D eigenvalue weighted by atomic mass is 79.9. The second kappa shape index (κ2) is 8.14. The molecule has 0 N–H and O–H groups in total. The lowest BCUT2D eigenvalue weighted by atomic mass is 9.83. The summed E-state index contributed by atoms with van der Waals surface area (Å²) >= 11 is 3.33. The number of para-hydroxylation sites is 1. The molecule has 1 aliphatic rings. The van der Waals surface area contributed by atoms with Crippen LogP contribution in [0.25, 0.3) is 28.2 Å². The van der Waals surface area contributed by atoms with Crippen LogP contribution in [-0.4, -0.2) is 19.6 Å². The molecule has 0 bridgehead atoms. The van der Waals surface area contributed by atoms with Crippen LogP contribution in [-0.2, 0) is 0 Å². The fourth-order valence-corrected chi connectivity index (χ4v) is 5.18. The molecule has 6 aromatic rings. The van der Waals surface area contributed by atoms with Crippen LogP contribution in [0.15, 0.2) is 85.3 Å². The van der Waals surface area contributed by atoms with Crippen molar-refractivity contribution >= 4 is 32.5 Å². The molecule has 37 heavy (non-hydrogen) atoms. The van der Waals surface area contributed by atoms with Gasteiger partial charge in [0.1, 0.15) is 11.9 Å². The van der Waals surface area contributed by atoms with Crippen molar-refractivity contribution in [2.24, 2.45) is 0 Å². The second-order valence-corrected chi connectivity index (χ2v) is 10.0. The first kappa shape index (κ1) is 22.0. The summed E-state index contributed by atoms with van der Waals surface area (Å²) in [6.07, 6.45) is 1.56. The fourth-order valence-electron chi connectivity index (χ4n) is 4.87. The van der Waals surface area contributed by atoms with Crippen molar-refractivity contribution in [3.05, 3.63) is 104 Å². The zero-order valence-corrected chi connectivity index (χ0v) is 21.4. The van der Waals surface area contributed by atoms with Gasteiger partial charge in [-0.2, -0.15) is 0 Å². The third kappa shape index (κ3) is 3.41. The van der Waals surface area contributed by atoms with Crippen molar-refractivity contribution in [3.8, 4) is 23.2 Å². The number of hydrogen-bond donors (Lipinski definition) is 0. The van der Waals surface area contributed by atoms with Crippen LogP contribution < -0.4 is 10.4 Å². The SMILES string of the molecule is CC(C)c1ccc(C2c3c(c4ccccc4oc3=O)Oc3ncn4nc(-c5ccc(Br)o5)nc4c32)cc1. The smallest absolute Gasteiger partial charge is 0.344 e. The van der Waals surface area contributed by atoms with E-state index in [0.717, 1.165) is 5.56 Å². The van der Waals surface area contributed by atoms with Crippen LogP contribution >= 0.6 is 15.9 Å². The summed E-state index contributed by atoms with van der Waals surface area (Å²) in [5.74, 6) is 1.56. The van der Waals surface area contributed by atoms with Gasteiger partial charge in [0.15, 0.2) is 21.8 Å². The maximum absolute atomic E-state index is 13.5. The van der Waals surface area contributed by atoms with Gasteiger partial charge in [0.2, 0.25) is 11.7 Å². The highest BCUT2D eigenvalue weighted by Gasteiger charge is 2.37. The summed E-state index contributed by atoms with van der Waals surface area (Å²) in [7, 11) is 0. The topological polar surface area (TPSA) is 95.7 Å². The lowest BCUT2D eigenvalue weighted by molar-refractivity contribution is 0.422. The average Bonchev–Trinajstić information content (AvgIpc) is 3.54. The molecule has 0 amide bonds. The summed E-state index contributed by atoms with van der Waals surface area (Å²) in [5.41, 5.74) is 3.66. The van der Waals surface area contributed by atoms with Gasteiger partial charge in [-0.15, -0.1) is 5.10 Å². The van der Waals surface area contributed by atoms with Crippen molar-refractivity contribution in [1.82, 2.24) is 19.6 Å². The van der Waals surface area contributed by atoms with Crippen LogP contribution in [0.3, 0.4) is 0 Å². The first-order chi connectivity index (χ1) is 18.0. The molecular weight excluding hydrogens is 536 g/mol. The van der Waals surface area contributed by atoms with Gasteiger partial charge in [0, 0.05) is 0 Å². The number of furan rings is 1. The number of ether oxygens (including phenoxy) is 1. The van der Waals surface area contributed by atoms with Crippen LogP contribution in [0, 0.1) is 0 Å². The molecule has 1 atom stereocenters. The maximum atomic E-state index is 13.5. The van der Waals surface area contributed by atoms with Gasteiger partial charge < -0.3 is 13.6 Å².